The van der Waals surface area contributed by atoms with E-state index in [4.69, 9.17) is 17.3 Å². The van der Waals surface area contributed by atoms with Crippen molar-refractivity contribution in [2.45, 2.75) is 25.8 Å². The van der Waals surface area contributed by atoms with Crippen molar-refractivity contribution in [1.29, 1.82) is 0 Å². The molecule has 1 heterocycles. The summed E-state index contributed by atoms with van der Waals surface area (Å²) in [6.07, 6.45) is 2.16. The highest BCUT2D eigenvalue weighted by Gasteiger charge is 2.21. The molecule has 1 aliphatic heterocycles. The standard InChI is InChI=1S/C13H17ClN2O.ClH/c14-12-4-1-3-10-9-16(8-6-11(10)12)13(17)5-2-7-15;/h1,3-4H,2,5-9,15H2;1H. The highest BCUT2D eigenvalue weighted by Crippen LogP contribution is 2.26. The van der Waals surface area contributed by atoms with Gasteiger partial charge in [-0.15, -0.1) is 12.4 Å². The first-order chi connectivity index (χ1) is 8.22. The number of halogens is 2. The smallest absolute Gasteiger partial charge is 0.222 e. The van der Waals surface area contributed by atoms with Crippen LogP contribution in [0.25, 0.3) is 0 Å². The third kappa shape index (κ3) is 3.37. The van der Waals surface area contributed by atoms with Gasteiger partial charge >= 0.3 is 0 Å². The molecule has 0 fully saturated rings. The van der Waals surface area contributed by atoms with Crippen molar-refractivity contribution in [1.82, 2.24) is 4.90 Å². The van der Waals surface area contributed by atoms with E-state index < -0.39 is 0 Å². The molecule has 1 aliphatic rings. The summed E-state index contributed by atoms with van der Waals surface area (Å²) in [5, 5.41) is 0.816. The summed E-state index contributed by atoms with van der Waals surface area (Å²) >= 11 is 6.13. The maximum atomic E-state index is 11.9. The van der Waals surface area contributed by atoms with Gasteiger partial charge in [-0.1, -0.05) is 23.7 Å². The molecule has 1 aromatic rings. The zero-order valence-electron chi connectivity index (χ0n) is 10.2. The van der Waals surface area contributed by atoms with Crippen molar-refractivity contribution < 1.29 is 4.79 Å². The van der Waals surface area contributed by atoms with E-state index in [1.807, 2.05) is 23.1 Å². The highest BCUT2D eigenvalue weighted by molar-refractivity contribution is 6.31. The zero-order chi connectivity index (χ0) is 12.3. The predicted octanol–water partition coefficient (Wildman–Crippen LogP) is 2.39. The summed E-state index contributed by atoms with van der Waals surface area (Å²) < 4.78 is 0. The minimum Gasteiger partial charge on any atom is -0.338 e. The first kappa shape index (κ1) is 15.3. The van der Waals surface area contributed by atoms with E-state index >= 15 is 0 Å². The average molecular weight is 289 g/mol. The van der Waals surface area contributed by atoms with Crippen LogP contribution in [0.2, 0.25) is 5.02 Å². The van der Waals surface area contributed by atoms with E-state index in [0.717, 1.165) is 24.4 Å². The molecule has 0 radical (unpaired) electrons. The van der Waals surface area contributed by atoms with Crippen LogP contribution >= 0.6 is 24.0 Å². The van der Waals surface area contributed by atoms with Crippen LogP contribution in [0.1, 0.15) is 24.0 Å². The summed E-state index contributed by atoms with van der Waals surface area (Å²) in [6.45, 7) is 2.02. The van der Waals surface area contributed by atoms with Gasteiger partial charge in [-0.3, -0.25) is 4.79 Å². The molecule has 0 saturated carbocycles. The van der Waals surface area contributed by atoms with Gasteiger partial charge in [-0.2, -0.15) is 0 Å². The molecule has 0 saturated heterocycles. The van der Waals surface area contributed by atoms with Gasteiger partial charge in [0.25, 0.3) is 0 Å². The van der Waals surface area contributed by atoms with Crippen molar-refractivity contribution >= 4 is 29.9 Å². The lowest BCUT2D eigenvalue weighted by Crippen LogP contribution is -2.36. The molecule has 5 heteroatoms. The van der Waals surface area contributed by atoms with Gasteiger partial charge in [0.1, 0.15) is 0 Å². The number of nitrogens with two attached hydrogens (primary N) is 1. The molecule has 2 N–H and O–H groups in total. The molecule has 3 nitrogen and oxygen atoms in total. The fraction of sp³-hybridized carbons (Fsp3) is 0.462. The number of carbonyl (C=O) groups is 1. The predicted molar refractivity (Wildman–Crippen MR) is 76.1 cm³/mol. The second kappa shape index (κ2) is 6.98. The number of hydrogen-bond donors (Lipinski definition) is 1. The van der Waals surface area contributed by atoms with E-state index in [0.29, 0.717) is 19.5 Å². The summed E-state index contributed by atoms with van der Waals surface area (Å²) in [5.74, 6) is 0.195. The van der Waals surface area contributed by atoms with Crippen LogP contribution in [-0.4, -0.2) is 23.9 Å². The molecule has 0 bridgehead atoms. The number of benzene rings is 1. The van der Waals surface area contributed by atoms with Gasteiger partial charge in [0, 0.05) is 24.5 Å². The van der Waals surface area contributed by atoms with Gasteiger partial charge in [0.05, 0.1) is 0 Å². The topological polar surface area (TPSA) is 46.3 Å². The van der Waals surface area contributed by atoms with Crippen molar-refractivity contribution in [3.05, 3.63) is 34.3 Å². The molecule has 1 amide bonds. The third-order valence-electron chi connectivity index (χ3n) is 3.16. The minimum absolute atomic E-state index is 0. The summed E-state index contributed by atoms with van der Waals surface area (Å²) in [7, 11) is 0. The van der Waals surface area contributed by atoms with Crippen LogP contribution in [0.4, 0.5) is 0 Å². The Bertz CT molecular complexity index is 423. The molecular weight excluding hydrogens is 271 g/mol. The summed E-state index contributed by atoms with van der Waals surface area (Å²) in [4.78, 5) is 13.8. The SMILES string of the molecule is Cl.NCCCC(=O)N1CCc2c(Cl)cccc2C1. The fourth-order valence-electron chi connectivity index (χ4n) is 2.19. The lowest BCUT2D eigenvalue weighted by atomic mass is 9.99. The Balaban J connectivity index is 0.00000162. The molecule has 1 aromatic carbocycles. The van der Waals surface area contributed by atoms with Crippen molar-refractivity contribution in [3.8, 4) is 0 Å². The quantitative estimate of drug-likeness (QED) is 0.928. The van der Waals surface area contributed by atoms with E-state index in [1.54, 1.807) is 0 Å². The Hall–Kier alpha value is -0.770. The van der Waals surface area contributed by atoms with Crippen molar-refractivity contribution in [2.75, 3.05) is 13.1 Å². The third-order valence-corrected chi connectivity index (χ3v) is 3.51. The number of rotatable bonds is 3. The average Bonchev–Trinajstić information content (AvgIpc) is 2.36. The fourth-order valence-corrected chi connectivity index (χ4v) is 2.48. The Morgan fingerprint density at radius 1 is 1.44 bits per heavy atom. The maximum absolute atomic E-state index is 11.9. The summed E-state index contributed by atoms with van der Waals surface area (Å²) in [5.41, 5.74) is 7.78. The second-order valence-electron chi connectivity index (χ2n) is 4.34. The molecule has 18 heavy (non-hydrogen) atoms. The minimum atomic E-state index is 0. The van der Waals surface area contributed by atoms with Crippen LogP contribution in [0.15, 0.2) is 18.2 Å². The molecular formula is C13H18Cl2N2O. The first-order valence-electron chi connectivity index (χ1n) is 5.96. The number of fused-ring (bicyclic) bond motifs is 1. The maximum Gasteiger partial charge on any atom is 0.222 e. The van der Waals surface area contributed by atoms with Gasteiger partial charge in [-0.05, 0) is 36.6 Å². The van der Waals surface area contributed by atoms with Gasteiger partial charge < -0.3 is 10.6 Å². The highest BCUT2D eigenvalue weighted by atomic mass is 35.5. The van der Waals surface area contributed by atoms with Crippen molar-refractivity contribution in [2.24, 2.45) is 5.73 Å². The van der Waals surface area contributed by atoms with Gasteiger partial charge in [0.15, 0.2) is 0 Å². The molecule has 0 spiro atoms. The van der Waals surface area contributed by atoms with Gasteiger partial charge in [0.2, 0.25) is 5.91 Å². The van der Waals surface area contributed by atoms with Crippen LogP contribution < -0.4 is 5.73 Å². The lowest BCUT2D eigenvalue weighted by Gasteiger charge is -2.29. The number of carbonyl (C=O) groups excluding carboxylic acids is 1. The molecule has 0 aliphatic carbocycles. The molecule has 100 valence electrons. The van der Waals surface area contributed by atoms with Crippen LogP contribution in [0.5, 0.6) is 0 Å². The number of hydrogen-bond acceptors (Lipinski definition) is 2. The van der Waals surface area contributed by atoms with E-state index in [9.17, 15) is 4.79 Å². The van der Waals surface area contributed by atoms with Gasteiger partial charge in [-0.25, -0.2) is 0 Å². The normalized spacial score (nSPS) is 13.8. The van der Waals surface area contributed by atoms with E-state index in [1.165, 1.54) is 11.1 Å². The lowest BCUT2D eigenvalue weighted by molar-refractivity contribution is -0.132. The number of nitrogens with zero attached hydrogens (tertiary/aromatic N) is 1. The van der Waals surface area contributed by atoms with Crippen LogP contribution in [0, 0.1) is 0 Å². The first-order valence-corrected chi connectivity index (χ1v) is 6.34. The Labute approximate surface area is 119 Å². The summed E-state index contributed by atoms with van der Waals surface area (Å²) in [6, 6.07) is 5.89. The molecule has 0 atom stereocenters. The molecule has 2 rings (SSSR count). The number of amides is 1. The Kier molecular flexibility index (Phi) is 5.93. The zero-order valence-corrected chi connectivity index (χ0v) is 11.8. The largest absolute Gasteiger partial charge is 0.338 e. The van der Waals surface area contributed by atoms with E-state index in [2.05, 4.69) is 0 Å². The Morgan fingerprint density at radius 2 is 2.22 bits per heavy atom. The Morgan fingerprint density at radius 3 is 2.94 bits per heavy atom. The molecule has 0 aromatic heterocycles. The van der Waals surface area contributed by atoms with Crippen LogP contribution in [-0.2, 0) is 17.8 Å². The van der Waals surface area contributed by atoms with E-state index in [-0.39, 0.29) is 18.3 Å². The second-order valence-corrected chi connectivity index (χ2v) is 4.74. The monoisotopic (exact) mass is 288 g/mol. The van der Waals surface area contributed by atoms with Crippen molar-refractivity contribution in [3.63, 3.8) is 0 Å². The molecule has 0 unspecified atom stereocenters. The van der Waals surface area contributed by atoms with Crippen LogP contribution in [0.3, 0.4) is 0 Å².